The molecule has 0 radical (unpaired) electrons. The van der Waals surface area contributed by atoms with Gasteiger partial charge in [0.15, 0.2) is 5.69 Å². The second-order valence-electron chi connectivity index (χ2n) is 9.70. The summed E-state index contributed by atoms with van der Waals surface area (Å²) < 4.78 is 33.9. The zero-order valence-corrected chi connectivity index (χ0v) is 22.5. The van der Waals surface area contributed by atoms with Crippen molar-refractivity contribution in [2.24, 2.45) is 7.05 Å². The number of nitrogens with zero attached hydrogens (tertiary/aromatic N) is 6. The number of aryl methyl sites for hydroxylation is 1. The Morgan fingerprint density at radius 3 is 2.19 bits per heavy atom. The Labute approximate surface area is 238 Å². The summed E-state index contributed by atoms with van der Waals surface area (Å²) in [5, 5.41) is 12.2. The fraction of sp³-hybridized carbons (Fsp3) is 0.241. The van der Waals surface area contributed by atoms with Crippen LogP contribution in [0.25, 0.3) is 15.9 Å². The Morgan fingerprint density at radius 1 is 1.07 bits per heavy atom. The van der Waals surface area contributed by atoms with Crippen molar-refractivity contribution in [1.29, 1.82) is 0 Å². The third-order valence-corrected chi connectivity index (χ3v) is 7.39. The van der Waals surface area contributed by atoms with Crippen LogP contribution in [-0.4, -0.2) is 58.1 Å². The number of aromatic nitrogens is 2. The molecule has 1 aliphatic heterocycles. The van der Waals surface area contributed by atoms with Gasteiger partial charge in [0.25, 0.3) is 5.82 Å². The van der Waals surface area contributed by atoms with Crippen molar-refractivity contribution in [3.05, 3.63) is 115 Å². The molecule has 11 nitrogen and oxygen atoms in total. The summed E-state index contributed by atoms with van der Waals surface area (Å²) in [6, 6.07) is 12.7. The van der Waals surface area contributed by atoms with E-state index in [4.69, 9.17) is 11.3 Å². The normalized spacial score (nSPS) is 15.5. The maximum absolute atomic E-state index is 13.8. The van der Waals surface area contributed by atoms with E-state index >= 15 is 0 Å². The second kappa shape index (κ2) is 11.3. The lowest BCUT2D eigenvalue weighted by Crippen LogP contribution is -2.58. The molecule has 1 unspecified atom stereocenters. The number of ether oxygens (including phenoxy) is 1. The summed E-state index contributed by atoms with van der Waals surface area (Å²) in [6.45, 7) is 7.48. The molecular formula is C29H24F2N6O5. The monoisotopic (exact) mass is 574 g/mol. The summed E-state index contributed by atoms with van der Waals surface area (Å²) >= 11 is 0. The number of rotatable bonds is 6. The van der Waals surface area contributed by atoms with E-state index in [0.29, 0.717) is 11.1 Å². The minimum absolute atomic E-state index is 0.0208. The average Bonchev–Trinajstić information content (AvgIpc) is 3.00. The van der Waals surface area contributed by atoms with Crippen LogP contribution in [0.4, 0.5) is 26.0 Å². The molecule has 214 valence electrons. The van der Waals surface area contributed by atoms with Crippen LogP contribution in [0.2, 0.25) is 0 Å². The molecule has 0 bridgehead atoms. The van der Waals surface area contributed by atoms with E-state index in [1.54, 1.807) is 29.2 Å². The Morgan fingerprint density at radius 2 is 1.67 bits per heavy atom. The van der Waals surface area contributed by atoms with E-state index < -0.39 is 45.9 Å². The Hall–Kier alpha value is -5.22. The number of methoxy groups -OCH3 is 1. The third kappa shape index (κ3) is 5.04. The van der Waals surface area contributed by atoms with Gasteiger partial charge in [-0.3, -0.25) is 24.6 Å². The molecule has 13 heteroatoms. The molecule has 1 aliphatic rings. The lowest BCUT2D eigenvalue weighted by atomic mass is 9.94. The fourth-order valence-electron chi connectivity index (χ4n) is 5.42. The van der Waals surface area contributed by atoms with Crippen LogP contribution in [0.5, 0.6) is 0 Å². The van der Waals surface area contributed by atoms with Gasteiger partial charge in [-0.15, -0.1) is 4.98 Å². The van der Waals surface area contributed by atoms with E-state index in [1.807, 2.05) is 0 Å². The SMILES string of the molecule is [C-]#[N+]c1ccc2c(n1)c(N1CCN(C(c3ccc(F)cc3)c3ccc(F)cc3)C(C(=O)OC)C1)c([N+](=O)[O-])c(=O)n2C. The number of nitro groups is 1. The first kappa shape index (κ1) is 28.3. The molecule has 2 aromatic heterocycles. The summed E-state index contributed by atoms with van der Waals surface area (Å²) in [4.78, 5) is 48.8. The van der Waals surface area contributed by atoms with Crippen molar-refractivity contribution in [1.82, 2.24) is 14.5 Å². The van der Waals surface area contributed by atoms with Gasteiger partial charge < -0.3 is 19.0 Å². The van der Waals surface area contributed by atoms with Crippen molar-refractivity contribution in [3.63, 3.8) is 0 Å². The van der Waals surface area contributed by atoms with Crippen LogP contribution in [0.1, 0.15) is 17.2 Å². The number of fused-ring (bicyclic) bond motifs is 1. The minimum atomic E-state index is -1.02. The fourth-order valence-corrected chi connectivity index (χ4v) is 5.42. The van der Waals surface area contributed by atoms with Crippen molar-refractivity contribution in [2.45, 2.75) is 12.1 Å². The van der Waals surface area contributed by atoms with E-state index in [9.17, 15) is 28.5 Å². The van der Waals surface area contributed by atoms with Crippen molar-refractivity contribution in [2.75, 3.05) is 31.6 Å². The molecule has 0 amide bonds. The van der Waals surface area contributed by atoms with E-state index in [1.165, 1.54) is 55.5 Å². The predicted octanol–water partition coefficient (Wildman–Crippen LogP) is 4.12. The number of carbonyl (C=O) groups excluding carboxylic acids is 1. The van der Waals surface area contributed by atoms with Crippen LogP contribution < -0.4 is 10.5 Å². The molecule has 1 atom stereocenters. The molecule has 0 saturated carbocycles. The molecule has 42 heavy (non-hydrogen) atoms. The van der Waals surface area contributed by atoms with E-state index in [2.05, 4.69) is 9.83 Å². The van der Waals surface area contributed by atoms with Gasteiger partial charge in [-0.1, -0.05) is 30.8 Å². The highest BCUT2D eigenvalue weighted by molar-refractivity contribution is 5.95. The van der Waals surface area contributed by atoms with Gasteiger partial charge in [-0.25, -0.2) is 8.78 Å². The molecule has 1 fully saturated rings. The topological polar surface area (TPSA) is 115 Å². The van der Waals surface area contributed by atoms with E-state index in [0.717, 1.165) is 4.57 Å². The summed E-state index contributed by atoms with van der Waals surface area (Å²) in [5.74, 6) is -1.59. The van der Waals surface area contributed by atoms with Gasteiger partial charge in [0.2, 0.25) is 5.52 Å². The van der Waals surface area contributed by atoms with Gasteiger partial charge in [0.05, 0.1) is 23.6 Å². The highest BCUT2D eigenvalue weighted by atomic mass is 19.1. The van der Waals surface area contributed by atoms with Gasteiger partial charge in [-0.05, 0) is 47.5 Å². The van der Waals surface area contributed by atoms with Crippen molar-refractivity contribution >= 4 is 34.2 Å². The first-order valence-corrected chi connectivity index (χ1v) is 12.8. The number of esters is 1. The van der Waals surface area contributed by atoms with Crippen molar-refractivity contribution in [3.8, 4) is 0 Å². The first-order chi connectivity index (χ1) is 20.1. The molecule has 5 rings (SSSR count). The standard InChI is InChI=1S/C29H24F2N6O5/c1-32-23-13-12-21-24(33-23)26(27(37(40)41)28(38)34(21)2)35-14-15-36(22(16-35)29(39)42-3)25(17-4-8-19(30)9-5-17)18-6-10-20(31)11-7-18/h4-13,22,25H,14-16H2,2-3H3. The zero-order valence-electron chi connectivity index (χ0n) is 22.5. The quantitative estimate of drug-likeness (QED) is 0.146. The number of hydrogen-bond donors (Lipinski definition) is 0. The van der Waals surface area contributed by atoms with Gasteiger partial charge in [-0.2, -0.15) is 0 Å². The Balaban J connectivity index is 1.66. The van der Waals surface area contributed by atoms with Gasteiger partial charge >= 0.3 is 17.2 Å². The molecule has 0 N–H and O–H groups in total. The number of pyridine rings is 2. The first-order valence-electron chi connectivity index (χ1n) is 12.8. The smallest absolute Gasteiger partial charge is 0.361 e. The summed E-state index contributed by atoms with van der Waals surface area (Å²) in [7, 11) is 2.59. The summed E-state index contributed by atoms with van der Waals surface area (Å²) in [5.41, 5.74) is -0.101. The van der Waals surface area contributed by atoms with Crippen molar-refractivity contribution < 1.29 is 23.2 Å². The lowest BCUT2D eigenvalue weighted by molar-refractivity contribution is -0.385. The molecule has 3 heterocycles. The molecule has 4 aromatic rings. The van der Waals surface area contributed by atoms with Crippen LogP contribution >= 0.6 is 0 Å². The minimum Gasteiger partial charge on any atom is -0.468 e. The largest absolute Gasteiger partial charge is 0.468 e. The molecule has 0 aliphatic carbocycles. The predicted molar refractivity (Wildman–Crippen MR) is 149 cm³/mol. The highest BCUT2D eigenvalue weighted by Crippen LogP contribution is 2.38. The number of hydrogen-bond acceptors (Lipinski definition) is 8. The number of anilines is 1. The van der Waals surface area contributed by atoms with Crippen LogP contribution in [0.3, 0.4) is 0 Å². The number of benzene rings is 2. The molecular weight excluding hydrogens is 550 g/mol. The Bertz CT molecular complexity index is 1740. The summed E-state index contributed by atoms with van der Waals surface area (Å²) in [6.07, 6.45) is 0. The highest BCUT2D eigenvalue weighted by Gasteiger charge is 2.42. The maximum Gasteiger partial charge on any atom is 0.361 e. The number of carbonyl (C=O) groups is 1. The molecule has 2 aromatic carbocycles. The van der Waals surface area contributed by atoms with Crippen LogP contribution in [-0.2, 0) is 16.6 Å². The third-order valence-electron chi connectivity index (χ3n) is 7.39. The number of halogens is 2. The van der Waals surface area contributed by atoms with Gasteiger partial charge in [0.1, 0.15) is 17.7 Å². The van der Waals surface area contributed by atoms with Gasteiger partial charge in [0, 0.05) is 26.7 Å². The van der Waals surface area contributed by atoms with Crippen LogP contribution in [0, 0.1) is 28.3 Å². The zero-order chi connectivity index (χ0) is 30.1. The number of piperazine rings is 1. The lowest BCUT2D eigenvalue weighted by Gasteiger charge is -2.44. The molecule has 1 saturated heterocycles. The maximum atomic E-state index is 13.8. The molecule has 0 spiro atoms. The van der Waals surface area contributed by atoms with E-state index in [-0.39, 0.29) is 42.2 Å². The average molecular weight is 575 g/mol. The van der Waals surface area contributed by atoms with Crippen LogP contribution in [0.15, 0.2) is 65.5 Å². The Kier molecular flexibility index (Phi) is 7.64. The second-order valence-corrected chi connectivity index (χ2v) is 9.70.